The fourth-order valence-electron chi connectivity index (χ4n) is 2.95. The lowest BCUT2D eigenvalue weighted by Crippen LogP contribution is -2.43. The minimum absolute atomic E-state index is 0.237. The van der Waals surface area contributed by atoms with Crippen LogP contribution in [0.5, 0.6) is 0 Å². The highest BCUT2D eigenvalue weighted by atomic mass is 32.1. The largest absolute Gasteiger partial charge is 0.338 e. The Labute approximate surface area is 112 Å². The number of likely N-dealkylation sites (tertiary alicyclic amines) is 1. The van der Waals surface area contributed by atoms with E-state index in [1.54, 1.807) is 11.3 Å². The van der Waals surface area contributed by atoms with Crippen LogP contribution in [0.2, 0.25) is 0 Å². The first-order chi connectivity index (χ1) is 8.75. The van der Waals surface area contributed by atoms with Gasteiger partial charge in [0, 0.05) is 29.4 Å². The Hall–Kier alpha value is -0.870. The highest BCUT2D eigenvalue weighted by molar-refractivity contribution is 7.10. The van der Waals surface area contributed by atoms with Gasteiger partial charge in [0.05, 0.1) is 5.56 Å². The number of piperidine rings is 1. The van der Waals surface area contributed by atoms with Crippen molar-refractivity contribution in [2.45, 2.75) is 44.6 Å². The summed E-state index contributed by atoms with van der Waals surface area (Å²) in [6.45, 7) is 1.65. The van der Waals surface area contributed by atoms with Gasteiger partial charge in [0.25, 0.3) is 5.91 Å². The summed E-state index contributed by atoms with van der Waals surface area (Å²) in [5.74, 6) is 0.237. The van der Waals surface area contributed by atoms with Crippen LogP contribution in [0.1, 0.15) is 46.5 Å². The molecule has 1 aromatic rings. The van der Waals surface area contributed by atoms with Crippen LogP contribution >= 0.6 is 11.3 Å². The maximum atomic E-state index is 12.5. The van der Waals surface area contributed by atoms with Crippen molar-refractivity contribution in [3.05, 3.63) is 21.4 Å². The van der Waals surface area contributed by atoms with Crippen LogP contribution in [0.25, 0.3) is 0 Å². The van der Waals surface area contributed by atoms with E-state index in [1.165, 1.54) is 23.3 Å². The number of nitrogens with two attached hydrogens (primary N) is 1. The van der Waals surface area contributed by atoms with E-state index in [4.69, 9.17) is 5.73 Å². The Bertz CT molecular complexity index is 447. The molecular formula is C14H20N2OS. The third kappa shape index (κ3) is 2.19. The fourth-order valence-corrected chi connectivity index (χ4v) is 4.07. The van der Waals surface area contributed by atoms with Crippen LogP contribution in [0.3, 0.4) is 0 Å². The topological polar surface area (TPSA) is 46.3 Å². The molecule has 0 atom stereocenters. The van der Waals surface area contributed by atoms with Crippen LogP contribution in [-0.4, -0.2) is 29.9 Å². The van der Waals surface area contributed by atoms with Gasteiger partial charge in [-0.3, -0.25) is 4.79 Å². The van der Waals surface area contributed by atoms with Gasteiger partial charge in [-0.05, 0) is 44.1 Å². The van der Waals surface area contributed by atoms with Crippen molar-refractivity contribution in [1.82, 2.24) is 4.90 Å². The molecule has 18 heavy (non-hydrogen) atoms. The second-order valence-electron chi connectivity index (χ2n) is 5.39. The summed E-state index contributed by atoms with van der Waals surface area (Å²) in [5.41, 5.74) is 8.21. The van der Waals surface area contributed by atoms with Crippen molar-refractivity contribution in [3.63, 3.8) is 0 Å². The number of nitrogens with zero attached hydrogens (tertiary/aromatic N) is 1. The molecule has 98 valence electrons. The first-order valence-corrected chi connectivity index (χ1v) is 7.78. The summed E-state index contributed by atoms with van der Waals surface area (Å²) in [5, 5.41) is 2.08. The van der Waals surface area contributed by atoms with Gasteiger partial charge in [0.1, 0.15) is 0 Å². The Morgan fingerprint density at radius 3 is 2.78 bits per heavy atom. The number of fused-ring (bicyclic) bond motifs is 1. The summed E-state index contributed by atoms with van der Waals surface area (Å²) in [4.78, 5) is 16.0. The molecule has 1 aliphatic carbocycles. The molecule has 2 heterocycles. The molecule has 0 aromatic carbocycles. The predicted octanol–water partition coefficient (Wildman–Crippen LogP) is 2.19. The highest BCUT2D eigenvalue weighted by Crippen LogP contribution is 2.31. The van der Waals surface area contributed by atoms with Gasteiger partial charge < -0.3 is 10.6 Å². The summed E-state index contributed by atoms with van der Waals surface area (Å²) in [7, 11) is 0. The normalized spacial score (nSPS) is 20.8. The van der Waals surface area contributed by atoms with Crippen molar-refractivity contribution in [2.24, 2.45) is 5.73 Å². The molecule has 0 radical (unpaired) electrons. The molecule has 0 unspecified atom stereocenters. The SMILES string of the molecule is NC1CCN(C(=O)c2csc3c2CCCC3)CC1. The molecule has 2 aliphatic rings. The van der Waals surface area contributed by atoms with Gasteiger partial charge in [-0.15, -0.1) is 11.3 Å². The number of carbonyl (C=O) groups excluding carboxylic acids is 1. The molecule has 1 saturated heterocycles. The Morgan fingerprint density at radius 1 is 1.28 bits per heavy atom. The molecule has 1 aromatic heterocycles. The fraction of sp³-hybridized carbons (Fsp3) is 0.643. The van der Waals surface area contributed by atoms with Gasteiger partial charge in [0.15, 0.2) is 0 Å². The van der Waals surface area contributed by atoms with Crippen LogP contribution in [0.4, 0.5) is 0 Å². The Balaban J connectivity index is 1.78. The summed E-state index contributed by atoms with van der Waals surface area (Å²) in [6, 6.07) is 0.283. The smallest absolute Gasteiger partial charge is 0.254 e. The lowest BCUT2D eigenvalue weighted by Gasteiger charge is -2.30. The Morgan fingerprint density at radius 2 is 2.00 bits per heavy atom. The van der Waals surface area contributed by atoms with Gasteiger partial charge in [-0.2, -0.15) is 0 Å². The standard InChI is InChI=1S/C14H20N2OS/c15-10-5-7-16(8-6-10)14(17)12-9-18-13-4-2-1-3-11(12)13/h9-10H,1-8,15H2. The number of amides is 1. The quantitative estimate of drug-likeness (QED) is 0.845. The van der Waals surface area contributed by atoms with E-state index >= 15 is 0 Å². The molecule has 2 N–H and O–H groups in total. The highest BCUT2D eigenvalue weighted by Gasteiger charge is 2.26. The zero-order chi connectivity index (χ0) is 12.5. The first-order valence-electron chi connectivity index (χ1n) is 6.90. The molecule has 0 bridgehead atoms. The predicted molar refractivity (Wildman–Crippen MR) is 74.1 cm³/mol. The van der Waals surface area contributed by atoms with Crippen LogP contribution in [0.15, 0.2) is 5.38 Å². The molecular weight excluding hydrogens is 244 g/mol. The van der Waals surface area contributed by atoms with Crippen LogP contribution < -0.4 is 5.73 Å². The molecule has 3 nitrogen and oxygen atoms in total. The van der Waals surface area contributed by atoms with Gasteiger partial charge in [-0.25, -0.2) is 0 Å². The number of carbonyl (C=O) groups is 1. The first kappa shape index (κ1) is 12.2. The van der Waals surface area contributed by atoms with E-state index in [1.807, 2.05) is 4.90 Å². The third-order valence-corrected chi connectivity index (χ3v) is 5.21. The van der Waals surface area contributed by atoms with Gasteiger partial charge >= 0.3 is 0 Å². The summed E-state index contributed by atoms with van der Waals surface area (Å²) in [6.07, 6.45) is 6.65. The van der Waals surface area contributed by atoms with E-state index in [0.29, 0.717) is 0 Å². The van der Waals surface area contributed by atoms with Crippen molar-refractivity contribution in [1.29, 1.82) is 0 Å². The summed E-state index contributed by atoms with van der Waals surface area (Å²) < 4.78 is 0. The van der Waals surface area contributed by atoms with E-state index in [-0.39, 0.29) is 11.9 Å². The maximum Gasteiger partial charge on any atom is 0.254 e. The lowest BCUT2D eigenvalue weighted by molar-refractivity contribution is 0.0714. The van der Waals surface area contributed by atoms with E-state index in [9.17, 15) is 4.79 Å². The van der Waals surface area contributed by atoms with Crippen LogP contribution in [-0.2, 0) is 12.8 Å². The molecule has 1 amide bonds. The lowest BCUT2D eigenvalue weighted by atomic mass is 9.95. The molecule has 4 heteroatoms. The van der Waals surface area contributed by atoms with Crippen molar-refractivity contribution in [2.75, 3.05) is 13.1 Å². The van der Waals surface area contributed by atoms with Gasteiger partial charge in [0.2, 0.25) is 0 Å². The number of thiophene rings is 1. The molecule has 0 saturated carbocycles. The Kier molecular flexibility index (Phi) is 3.39. The number of rotatable bonds is 1. The zero-order valence-corrected chi connectivity index (χ0v) is 11.5. The van der Waals surface area contributed by atoms with Crippen molar-refractivity contribution >= 4 is 17.2 Å². The zero-order valence-electron chi connectivity index (χ0n) is 10.7. The third-order valence-electron chi connectivity index (χ3n) is 4.12. The minimum atomic E-state index is 0.237. The molecule has 1 fully saturated rings. The van der Waals surface area contributed by atoms with Crippen molar-refractivity contribution < 1.29 is 4.79 Å². The number of aryl methyl sites for hydroxylation is 1. The van der Waals surface area contributed by atoms with E-state index < -0.39 is 0 Å². The maximum absolute atomic E-state index is 12.5. The monoisotopic (exact) mass is 264 g/mol. The van der Waals surface area contributed by atoms with Gasteiger partial charge in [-0.1, -0.05) is 0 Å². The van der Waals surface area contributed by atoms with Crippen molar-refractivity contribution in [3.8, 4) is 0 Å². The van der Waals surface area contributed by atoms with E-state index in [2.05, 4.69) is 5.38 Å². The number of hydrogen-bond acceptors (Lipinski definition) is 3. The van der Waals surface area contributed by atoms with Crippen LogP contribution in [0, 0.1) is 0 Å². The molecule has 0 spiro atoms. The average Bonchev–Trinajstić information content (AvgIpc) is 2.82. The molecule has 3 rings (SSSR count). The van der Waals surface area contributed by atoms with E-state index in [0.717, 1.165) is 44.3 Å². The molecule has 1 aliphatic heterocycles. The second-order valence-corrected chi connectivity index (χ2v) is 6.35. The minimum Gasteiger partial charge on any atom is -0.338 e. The number of hydrogen-bond donors (Lipinski definition) is 1. The second kappa shape index (κ2) is 5.02. The average molecular weight is 264 g/mol. The summed E-state index contributed by atoms with van der Waals surface area (Å²) >= 11 is 1.77.